The molecule has 3 rings (SSSR count). The number of aryl methyl sites for hydroxylation is 2. The lowest BCUT2D eigenvalue weighted by molar-refractivity contribution is -0.892. The van der Waals surface area contributed by atoms with E-state index in [0.717, 1.165) is 43.2 Å². The SMILES string of the molecule is CCOc1ccccc1N1CC[NH+](CC(=O)N[C@@H](C)c2ccc(C)c(C)c2)CC1. The highest BCUT2D eigenvalue weighted by Gasteiger charge is 2.24. The zero-order valence-corrected chi connectivity index (χ0v) is 18.1. The Morgan fingerprint density at radius 2 is 1.86 bits per heavy atom. The van der Waals surface area contributed by atoms with Gasteiger partial charge in [-0.2, -0.15) is 0 Å². The first-order valence-electron chi connectivity index (χ1n) is 10.6. The van der Waals surface area contributed by atoms with E-state index in [2.05, 4.69) is 61.3 Å². The summed E-state index contributed by atoms with van der Waals surface area (Å²) in [5, 5.41) is 3.17. The first-order chi connectivity index (χ1) is 14.0. The van der Waals surface area contributed by atoms with Crippen LogP contribution in [0.15, 0.2) is 42.5 Å². The van der Waals surface area contributed by atoms with E-state index in [0.29, 0.717) is 13.2 Å². The van der Waals surface area contributed by atoms with Crippen LogP contribution in [0.3, 0.4) is 0 Å². The van der Waals surface area contributed by atoms with Crippen molar-refractivity contribution in [2.45, 2.75) is 33.7 Å². The molecule has 29 heavy (non-hydrogen) atoms. The number of nitrogens with one attached hydrogen (secondary N) is 2. The number of quaternary nitrogens is 1. The fourth-order valence-corrected chi connectivity index (χ4v) is 3.87. The molecule has 1 heterocycles. The second-order valence-corrected chi connectivity index (χ2v) is 7.95. The van der Waals surface area contributed by atoms with Crippen molar-refractivity contribution in [2.75, 3.05) is 44.2 Å². The molecule has 1 fully saturated rings. The van der Waals surface area contributed by atoms with E-state index in [1.165, 1.54) is 16.0 Å². The highest BCUT2D eigenvalue weighted by Crippen LogP contribution is 2.27. The maximum Gasteiger partial charge on any atom is 0.275 e. The molecule has 0 aromatic heterocycles. The smallest absolute Gasteiger partial charge is 0.275 e. The molecule has 1 saturated heterocycles. The van der Waals surface area contributed by atoms with E-state index in [-0.39, 0.29) is 11.9 Å². The van der Waals surface area contributed by atoms with E-state index in [4.69, 9.17) is 4.74 Å². The summed E-state index contributed by atoms with van der Waals surface area (Å²) in [6.45, 7) is 13.2. The lowest BCUT2D eigenvalue weighted by Gasteiger charge is -2.34. The van der Waals surface area contributed by atoms with Gasteiger partial charge in [0.25, 0.3) is 5.91 Å². The Morgan fingerprint density at radius 3 is 2.55 bits per heavy atom. The van der Waals surface area contributed by atoms with Crippen molar-refractivity contribution < 1.29 is 14.4 Å². The minimum absolute atomic E-state index is 0.0283. The van der Waals surface area contributed by atoms with E-state index in [9.17, 15) is 4.79 Å². The fourth-order valence-electron chi connectivity index (χ4n) is 3.87. The number of hydrogen-bond donors (Lipinski definition) is 2. The van der Waals surface area contributed by atoms with Gasteiger partial charge >= 0.3 is 0 Å². The zero-order chi connectivity index (χ0) is 20.8. The molecule has 0 aliphatic carbocycles. The highest BCUT2D eigenvalue weighted by molar-refractivity contribution is 5.77. The van der Waals surface area contributed by atoms with Crippen LogP contribution >= 0.6 is 0 Å². The van der Waals surface area contributed by atoms with E-state index in [1.54, 1.807) is 0 Å². The van der Waals surface area contributed by atoms with Crippen LogP contribution in [-0.2, 0) is 4.79 Å². The predicted molar refractivity (Wildman–Crippen MR) is 118 cm³/mol. The van der Waals surface area contributed by atoms with Crippen LogP contribution in [0.4, 0.5) is 5.69 Å². The Bertz CT molecular complexity index is 829. The number of para-hydroxylation sites is 2. The Balaban J connectivity index is 1.50. The van der Waals surface area contributed by atoms with Crippen LogP contribution in [0.25, 0.3) is 0 Å². The van der Waals surface area contributed by atoms with Gasteiger partial charge in [0.15, 0.2) is 6.54 Å². The number of hydrogen-bond acceptors (Lipinski definition) is 3. The van der Waals surface area contributed by atoms with Crippen molar-refractivity contribution in [3.05, 3.63) is 59.2 Å². The molecule has 0 radical (unpaired) electrons. The van der Waals surface area contributed by atoms with E-state index < -0.39 is 0 Å². The van der Waals surface area contributed by atoms with Gasteiger partial charge in [-0.3, -0.25) is 4.79 Å². The molecule has 1 atom stereocenters. The van der Waals surface area contributed by atoms with Crippen molar-refractivity contribution in [1.82, 2.24) is 5.32 Å². The number of amides is 1. The molecule has 1 aliphatic rings. The van der Waals surface area contributed by atoms with Gasteiger partial charge < -0.3 is 19.9 Å². The third-order valence-electron chi connectivity index (χ3n) is 5.80. The summed E-state index contributed by atoms with van der Waals surface area (Å²) in [5.41, 5.74) is 4.85. The largest absolute Gasteiger partial charge is 0.492 e. The van der Waals surface area contributed by atoms with Crippen LogP contribution < -0.4 is 19.9 Å². The van der Waals surface area contributed by atoms with Crippen molar-refractivity contribution in [3.63, 3.8) is 0 Å². The molecular weight excluding hydrogens is 362 g/mol. The summed E-state index contributed by atoms with van der Waals surface area (Å²) < 4.78 is 5.77. The van der Waals surface area contributed by atoms with Crippen LogP contribution in [-0.4, -0.2) is 45.2 Å². The van der Waals surface area contributed by atoms with Crippen LogP contribution in [0.5, 0.6) is 5.75 Å². The second-order valence-electron chi connectivity index (χ2n) is 7.95. The number of benzene rings is 2. The summed E-state index contributed by atoms with van der Waals surface area (Å²) in [4.78, 5) is 16.3. The minimum atomic E-state index is 0.0283. The topological polar surface area (TPSA) is 46.0 Å². The maximum atomic E-state index is 12.6. The first kappa shape index (κ1) is 21.2. The van der Waals surface area contributed by atoms with Gasteiger partial charge in [-0.05, 0) is 56.5 Å². The van der Waals surface area contributed by atoms with Gasteiger partial charge in [0.1, 0.15) is 5.75 Å². The van der Waals surface area contributed by atoms with Gasteiger partial charge in [-0.1, -0.05) is 30.3 Å². The van der Waals surface area contributed by atoms with Gasteiger partial charge in [-0.25, -0.2) is 0 Å². The molecule has 0 spiro atoms. The summed E-state index contributed by atoms with van der Waals surface area (Å²) in [5.74, 6) is 1.06. The molecule has 1 amide bonds. The second kappa shape index (κ2) is 9.79. The van der Waals surface area contributed by atoms with Crippen LogP contribution in [0.2, 0.25) is 0 Å². The first-order valence-corrected chi connectivity index (χ1v) is 10.6. The summed E-state index contributed by atoms with van der Waals surface area (Å²) in [6.07, 6.45) is 0. The van der Waals surface area contributed by atoms with E-state index >= 15 is 0 Å². The third kappa shape index (κ3) is 5.51. The summed E-state index contributed by atoms with van der Waals surface area (Å²) in [6, 6.07) is 14.6. The van der Waals surface area contributed by atoms with Crippen LogP contribution in [0.1, 0.15) is 36.6 Å². The van der Waals surface area contributed by atoms with Crippen LogP contribution in [0, 0.1) is 13.8 Å². The molecule has 5 heteroatoms. The zero-order valence-electron chi connectivity index (χ0n) is 18.1. The maximum absolute atomic E-state index is 12.6. The predicted octanol–water partition coefficient (Wildman–Crippen LogP) is 2.28. The molecule has 5 nitrogen and oxygen atoms in total. The van der Waals surface area contributed by atoms with Crippen molar-refractivity contribution in [1.29, 1.82) is 0 Å². The lowest BCUT2D eigenvalue weighted by Crippen LogP contribution is -3.15. The number of ether oxygens (including phenoxy) is 1. The molecule has 0 saturated carbocycles. The molecule has 156 valence electrons. The Labute approximate surface area is 174 Å². The highest BCUT2D eigenvalue weighted by atomic mass is 16.5. The fraction of sp³-hybridized carbons (Fsp3) is 0.458. The number of nitrogens with zero attached hydrogens (tertiary/aromatic N) is 1. The lowest BCUT2D eigenvalue weighted by atomic mass is 10.0. The van der Waals surface area contributed by atoms with Gasteiger partial charge in [0.05, 0.1) is 44.5 Å². The minimum Gasteiger partial charge on any atom is -0.492 e. The molecular formula is C24H34N3O2+. The monoisotopic (exact) mass is 396 g/mol. The molecule has 0 unspecified atom stereocenters. The number of carbonyl (C=O) groups excluding carboxylic acids is 1. The Morgan fingerprint density at radius 1 is 1.14 bits per heavy atom. The number of rotatable bonds is 7. The van der Waals surface area contributed by atoms with Crippen molar-refractivity contribution in [3.8, 4) is 5.75 Å². The van der Waals surface area contributed by atoms with Gasteiger partial charge in [0, 0.05) is 0 Å². The number of carbonyl (C=O) groups is 1. The number of anilines is 1. The molecule has 2 aromatic rings. The Kier molecular flexibility index (Phi) is 7.15. The average molecular weight is 397 g/mol. The summed E-state index contributed by atoms with van der Waals surface area (Å²) >= 11 is 0. The molecule has 0 bridgehead atoms. The quantitative estimate of drug-likeness (QED) is 0.755. The average Bonchev–Trinajstić information content (AvgIpc) is 2.71. The van der Waals surface area contributed by atoms with Crippen molar-refractivity contribution in [2.24, 2.45) is 0 Å². The van der Waals surface area contributed by atoms with E-state index in [1.807, 2.05) is 19.1 Å². The standard InChI is InChI=1S/C24H33N3O2/c1-5-29-23-9-7-6-8-22(23)27-14-12-26(13-15-27)17-24(28)25-20(4)21-11-10-18(2)19(3)16-21/h6-11,16,20H,5,12-15,17H2,1-4H3,(H,25,28)/p+1/t20-/m0/s1. The van der Waals surface area contributed by atoms with Gasteiger partial charge in [0.2, 0.25) is 0 Å². The van der Waals surface area contributed by atoms with Crippen molar-refractivity contribution >= 4 is 11.6 Å². The summed E-state index contributed by atoms with van der Waals surface area (Å²) in [7, 11) is 0. The molecule has 1 aliphatic heterocycles. The number of piperazine rings is 1. The third-order valence-corrected chi connectivity index (χ3v) is 5.80. The normalized spacial score (nSPS) is 15.8. The Hall–Kier alpha value is -2.53. The molecule has 2 N–H and O–H groups in total. The molecule has 2 aromatic carbocycles. The van der Waals surface area contributed by atoms with Gasteiger partial charge in [-0.15, -0.1) is 0 Å².